The quantitative estimate of drug-likeness (QED) is 0.455. The highest BCUT2D eigenvalue weighted by Gasteiger charge is 2.36. The van der Waals surface area contributed by atoms with Crippen LogP contribution in [0.5, 0.6) is 0 Å². The van der Waals surface area contributed by atoms with Gasteiger partial charge in [0.25, 0.3) is 0 Å². The summed E-state index contributed by atoms with van der Waals surface area (Å²) in [5.41, 5.74) is 4.50. The van der Waals surface area contributed by atoms with Crippen LogP contribution in [-0.4, -0.2) is 28.5 Å². The van der Waals surface area contributed by atoms with Crippen LogP contribution in [0.3, 0.4) is 0 Å². The van der Waals surface area contributed by atoms with E-state index in [0.717, 1.165) is 17.7 Å². The topological polar surface area (TPSA) is 71.8 Å². The highest BCUT2D eigenvalue weighted by Crippen LogP contribution is 2.41. The van der Waals surface area contributed by atoms with E-state index in [1.807, 2.05) is 19.1 Å². The molecule has 1 heterocycles. The lowest BCUT2D eigenvalue weighted by Crippen LogP contribution is -2.30. The van der Waals surface area contributed by atoms with E-state index in [9.17, 15) is 10.0 Å². The smallest absolute Gasteiger partial charge is 0.340 e. The Morgan fingerprint density at radius 3 is 2.52 bits per heavy atom. The number of pyridine rings is 1. The molecule has 0 saturated carbocycles. The number of hydrogen-bond acceptors (Lipinski definition) is 5. The van der Waals surface area contributed by atoms with Crippen molar-refractivity contribution >= 4 is 23.3 Å². The fraction of sp³-hybridized carbons (Fsp3) is 0.381. The molecule has 0 aliphatic heterocycles. The van der Waals surface area contributed by atoms with Crippen molar-refractivity contribution in [3.05, 3.63) is 51.8 Å². The molecule has 27 heavy (non-hydrogen) atoms. The zero-order valence-corrected chi connectivity index (χ0v) is 16.7. The standard InChI is InChI=1S/C21H23ClN2O3/c1-5-27-20(25)17-12(2)23-15-10-21(3,4)11-16(24-26)19(15)18(17)13-6-8-14(22)9-7-13/h6-9,26H,5,10-11H2,1-4H3. The minimum atomic E-state index is -0.433. The van der Waals surface area contributed by atoms with Crippen LogP contribution >= 0.6 is 11.6 Å². The van der Waals surface area contributed by atoms with Crippen molar-refractivity contribution in [3.8, 4) is 11.1 Å². The Kier molecular flexibility index (Phi) is 5.24. The number of nitrogens with zero attached hydrogens (tertiary/aromatic N) is 2. The number of benzene rings is 1. The van der Waals surface area contributed by atoms with Gasteiger partial charge < -0.3 is 9.94 Å². The monoisotopic (exact) mass is 386 g/mol. The third-order valence-corrected chi connectivity index (χ3v) is 5.02. The van der Waals surface area contributed by atoms with Gasteiger partial charge in [-0.05, 0) is 49.8 Å². The third kappa shape index (κ3) is 3.69. The first-order chi connectivity index (χ1) is 12.8. The number of fused-ring (bicyclic) bond motifs is 1. The molecule has 1 aromatic carbocycles. The molecule has 1 N–H and O–H groups in total. The van der Waals surface area contributed by atoms with Crippen molar-refractivity contribution in [1.82, 2.24) is 4.98 Å². The number of rotatable bonds is 3. The minimum absolute atomic E-state index is 0.0866. The predicted molar refractivity (Wildman–Crippen MR) is 106 cm³/mol. The molecular weight excluding hydrogens is 364 g/mol. The summed E-state index contributed by atoms with van der Waals surface area (Å²) in [7, 11) is 0. The highest BCUT2D eigenvalue weighted by atomic mass is 35.5. The maximum Gasteiger partial charge on any atom is 0.340 e. The highest BCUT2D eigenvalue weighted by molar-refractivity contribution is 6.30. The van der Waals surface area contributed by atoms with E-state index in [1.54, 1.807) is 19.1 Å². The second-order valence-corrected chi connectivity index (χ2v) is 8.00. The van der Waals surface area contributed by atoms with Gasteiger partial charge in [-0.2, -0.15) is 0 Å². The fourth-order valence-electron chi connectivity index (χ4n) is 3.70. The Labute approximate surface area is 164 Å². The number of carbonyl (C=O) groups is 1. The second kappa shape index (κ2) is 7.31. The number of halogens is 1. The molecule has 0 atom stereocenters. The Morgan fingerprint density at radius 2 is 1.93 bits per heavy atom. The molecule has 6 heteroatoms. The van der Waals surface area contributed by atoms with Gasteiger partial charge >= 0.3 is 5.97 Å². The largest absolute Gasteiger partial charge is 0.462 e. The Bertz CT molecular complexity index is 918. The number of carbonyl (C=O) groups excluding carboxylic acids is 1. The summed E-state index contributed by atoms with van der Waals surface area (Å²) in [4.78, 5) is 17.4. The number of oxime groups is 1. The zero-order valence-electron chi connectivity index (χ0n) is 16.0. The normalized spacial score (nSPS) is 16.9. The Morgan fingerprint density at radius 1 is 1.26 bits per heavy atom. The van der Waals surface area contributed by atoms with Gasteiger partial charge in [-0.1, -0.05) is 42.7 Å². The molecule has 0 saturated heterocycles. The molecule has 1 aliphatic rings. The molecule has 0 spiro atoms. The lowest BCUT2D eigenvalue weighted by atomic mass is 9.73. The molecule has 5 nitrogen and oxygen atoms in total. The number of aromatic nitrogens is 1. The molecule has 2 aromatic rings. The second-order valence-electron chi connectivity index (χ2n) is 7.56. The SMILES string of the molecule is CCOC(=O)c1c(C)nc2c(c1-c1ccc(Cl)cc1)C(=NO)CC(C)(C)C2. The van der Waals surface area contributed by atoms with E-state index in [0.29, 0.717) is 39.5 Å². The maximum absolute atomic E-state index is 12.7. The van der Waals surface area contributed by atoms with Crippen LogP contribution < -0.4 is 0 Å². The number of esters is 1. The average Bonchev–Trinajstić information content (AvgIpc) is 2.59. The minimum Gasteiger partial charge on any atom is -0.462 e. The van der Waals surface area contributed by atoms with Crippen LogP contribution in [0, 0.1) is 12.3 Å². The van der Waals surface area contributed by atoms with Gasteiger partial charge in [0.05, 0.1) is 29.3 Å². The Hall–Kier alpha value is -2.40. The summed E-state index contributed by atoms with van der Waals surface area (Å²) in [6.07, 6.45) is 1.32. The molecule has 0 amide bonds. The van der Waals surface area contributed by atoms with Crippen molar-refractivity contribution in [2.24, 2.45) is 10.6 Å². The summed E-state index contributed by atoms with van der Waals surface area (Å²) >= 11 is 6.05. The van der Waals surface area contributed by atoms with Crippen LogP contribution in [0.15, 0.2) is 29.4 Å². The zero-order chi connectivity index (χ0) is 19.8. The van der Waals surface area contributed by atoms with Crippen molar-refractivity contribution in [2.45, 2.75) is 40.5 Å². The maximum atomic E-state index is 12.7. The van der Waals surface area contributed by atoms with Crippen LogP contribution in [0.25, 0.3) is 11.1 Å². The molecule has 0 radical (unpaired) electrons. The van der Waals surface area contributed by atoms with Crippen LogP contribution in [0.4, 0.5) is 0 Å². The van der Waals surface area contributed by atoms with E-state index < -0.39 is 5.97 Å². The van der Waals surface area contributed by atoms with Gasteiger partial charge in [0, 0.05) is 16.1 Å². The molecule has 0 fully saturated rings. The van der Waals surface area contributed by atoms with Crippen LogP contribution in [0.1, 0.15) is 54.5 Å². The number of hydrogen-bond donors (Lipinski definition) is 1. The first-order valence-electron chi connectivity index (χ1n) is 8.95. The fourth-order valence-corrected chi connectivity index (χ4v) is 3.83. The number of ether oxygens (including phenoxy) is 1. The summed E-state index contributed by atoms with van der Waals surface area (Å²) in [5, 5.41) is 13.9. The van der Waals surface area contributed by atoms with E-state index in [-0.39, 0.29) is 12.0 Å². The van der Waals surface area contributed by atoms with Crippen LogP contribution in [0.2, 0.25) is 5.02 Å². The number of aryl methyl sites for hydroxylation is 1. The van der Waals surface area contributed by atoms with Crippen LogP contribution in [-0.2, 0) is 11.2 Å². The van der Waals surface area contributed by atoms with Crippen molar-refractivity contribution in [3.63, 3.8) is 0 Å². The summed E-state index contributed by atoms with van der Waals surface area (Å²) in [5.74, 6) is -0.433. The molecular formula is C21H23ClN2O3. The average molecular weight is 387 g/mol. The molecule has 1 aliphatic carbocycles. The lowest BCUT2D eigenvalue weighted by Gasteiger charge is -2.33. The molecule has 1 aromatic heterocycles. The van der Waals surface area contributed by atoms with E-state index in [4.69, 9.17) is 21.3 Å². The van der Waals surface area contributed by atoms with Crippen molar-refractivity contribution in [1.29, 1.82) is 0 Å². The molecule has 0 bridgehead atoms. The molecule has 3 rings (SSSR count). The van der Waals surface area contributed by atoms with Gasteiger partial charge in [-0.25, -0.2) is 4.79 Å². The van der Waals surface area contributed by atoms with Gasteiger partial charge in [-0.3, -0.25) is 4.98 Å². The summed E-state index contributed by atoms with van der Waals surface area (Å²) in [6.45, 7) is 8.07. The van der Waals surface area contributed by atoms with Gasteiger partial charge in [0.15, 0.2) is 0 Å². The van der Waals surface area contributed by atoms with Gasteiger partial charge in [0.1, 0.15) is 0 Å². The summed E-state index contributed by atoms with van der Waals surface area (Å²) in [6, 6.07) is 7.26. The van der Waals surface area contributed by atoms with E-state index in [2.05, 4.69) is 19.0 Å². The predicted octanol–water partition coefficient (Wildman–Crippen LogP) is 5.04. The van der Waals surface area contributed by atoms with E-state index in [1.165, 1.54) is 0 Å². The van der Waals surface area contributed by atoms with Gasteiger partial charge in [0.2, 0.25) is 0 Å². The van der Waals surface area contributed by atoms with Crippen molar-refractivity contribution < 1.29 is 14.7 Å². The van der Waals surface area contributed by atoms with E-state index >= 15 is 0 Å². The molecule has 0 unspecified atom stereocenters. The summed E-state index contributed by atoms with van der Waals surface area (Å²) < 4.78 is 5.29. The molecule has 142 valence electrons. The Balaban J connectivity index is 2.37. The third-order valence-electron chi connectivity index (χ3n) is 4.77. The lowest BCUT2D eigenvalue weighted by molar-refractivity contribution is 0.0526. The van der Waals surface area contributed by atoms with Crippen molar-refractivity contribution in [2.75, 3.05) is 6.61 Å². The first kappa shape index (κ1) is 19.4. The van der Waals surface area contributed by atoms with Gasteiger partial charge in [-0.15, -0.1) is 0 Å². The first-order valence-corrected chi connectivity index (χ1v) is 9.33.